The molecule has 0 spiro atoms. The van der Waals surface area contributed by atoms with Crippen LogP contribution in [0.15, 0.2) is 30.6 Å². The highest BCUT2D eigenvalue weighted by Gasteiger charge is 2.35. The van der Waals surface area contributed by atoms with Crippen LogP contribution in [-0.2, 0) is 9.53 Å². The SMILES string of the molecule is C[C@H](OC(=O)c1cn2ccccc2n1)C(=O)NC1(C#N)CCCCC1. The maximum atomic E-state index is 12.3. The number of nitriles is 1. The third kappa shape index (κ3) is 3.63. The number of esters is 1. The molecule has 1 aliphatic carbocycles. The van der Waals surface area contributed by atoms with E-state index in [-0.39, 0.29) is 5.69 Å². The summed E-state index contributed by atoms with van der Waals surface area (Å²) in [6, 6.07) is 7.63. The number of amides is 1. The Labute approximate surface area is 145 Å². The zero-order valence-electron chi connectivity index (χ0n) is 14.1. The average molecular weight is 340 g/mol. The first-order chi connectivity index (χ1) is 12.0. The molecule has 1 fully saturated rings. The topological polar surface area (TPSA) is 96.5 Å². The molecule has 1 saturated carbocycles. The van der Waals surface area contributed by atoms with Crippen LogP contribution in [0.25, 0.3) is 5.65 Å². The van der Waals surface area contributed by atoms with E-state index in [2.05, 4.69) is 16.4 Å². The van der Waals surface area contributed by atoms with Crippen molar-refractivity contribution in [2.24, 2.45) is 0 Å². The molecule has 7 heteroatoms. The van der Waals surface area contributed by atoms with E-state index in [0.717, 1.165) is 19.3 Å². The van der Waals surface area contributed by atoms with Crippen LogP contribution in [0.1, 0.15) is 49.5 Å². The van der Waals surface area contributed by atoms with Crippen LogP contribution in [0.3, 0.4) is 0 Å². The number of rotatable bonds is 4. The van der Waals surface area contributed by atoms with Gasteiger partial charge in [0.15, 0.2) is 11.8 Å². The quantitative estimate of drug-likeness (QED) is 0.861. The first kappa shape index (κ1) is 17.0. The molecule has 0 radical (unpaired) electrons. The summed E-state index contributed by atoms with van der Waals surface area (Å²) in [6.07, 6.45) is 6.47. The van der Waals surface area contributed by atoms with Gasteiger partial charge in [-0.3, -0.25) is 4.79 Å². The smallest absolute Gasteiger partial charge is 0.359 e. The Morgan fingerprint density at radius 3 is 2.80 bits per heavy atom. The van der Waals surface area contributed by atoms with Crippen LogP contribution in [0.2, 0.25) is 0 Å². The summed E-state index contributed by atoms with van der Waals surface area (Å²) >= 11 is 0. The van der Waals surface area contributed by atoms with Gasteiger partial charge in [0, 0.05) is 12.4 Å². The zero-order valence-corrected chi connectivity index (χ0v) is 14.1. The van der Waals surface area contributed by atoms with Gasteiger partial charge in [0.05, 0.1) is 6.07 Å². The van der Waals surface area contributed by atoms with Crippen LogP contribution >= 0.6 is 0 Å². The van der Waals surface area contributed by atoms with Crippen LogP contribution in [0.5, 0.6) is 0 Å². The lowest BCUT2D eigenvalue weighted by Gasteiger charge is -2.32. The number of pyridine rings is 1. The van der Waals surface area contributed by atoms with Gasteiger partial charge >= 0.3 is 5.97 Å². The third-order valence-electron chi connectivity index (χ3n) is 4.51. The van der Waals surface area contributed by atoms with Crippen molar-refractivity contribution in [3.63, 3.8) is 0 Å². The van der Waals surface area contributed by atoms with Crippen LogP contribution < -0.4 is 5.32 Å². The Hall–Kier alpha value is -2.88. The summed E-state index contributed by atoms with van der Waals surface area (Å²) in [4.78, 5) is 28.8. The van der Waals surface area contributed by atoms with E-state index in [0.29, 0.717) is 18.5 Å². The highest BCUT2D eigenvalue weighted by Crippen LogP contribution is 2.27. The average Bonchev–Trinajstić information content (AvgIpc) is 3.06. The predicted molar refractivity (Wildman–Crippen MR) is 89.6 cm³/mol. The molecule has 1 N–H and O–H groups in total. The van der Waals surface area contributed by atoms with Crippen molar-refractivity contribution in [3.05, 3.63) is 36.3 Å². The number of imidazole rings is 1. The van der Waals surface area contributed by atoms with Gasteiger partial charge in [-0.05, 0) is 31.9 Å². The Kier molecular flexibility index (Phi) is 4.70. The molecule has 0 aliphatic heterocycles. The van der Waals surface area contributed by atoms with Gasteiger partial charge < -0.3 is 14.5 Å². The number of carbonyl (C=O) groups excluding carboxylic acids is 2. The molecule has 1 amide bonds. The summed E-state index contributed by atoms with van der Waals surface area (Å²) in [5.74, 6) is -1.12. The monoisotopic (exact) mass is 340 g/mol. The molecule has 7 nitrogen and oxygen atoms in total. The second-order valence-corrected chi connectivity index (χ2v) is 6.38. The van der Waals surface area contributed by atoms with Crippen molar-refractivity contribution in [2.45, 2.75) is 50.7 Å². The van der Waals surface area contributed by atoms with Crippen LogP contribution in [0.4, 0.5) is 0 Å². The Balaban J connectivity index is 1.64. The lowest BCUT2D eigenvalue weighted by atomic mass is 9.83. The second kappa shape index (κ2) is 6.93. The molecular weight excluding hydrogens is 320 g/mol. The van der Waals surface area contributed by atoms with Crippen LogP contribution in [0, 0.1) is 11.3 Å². The van der Waals surface area contributed by atoms with Crippen molar-refractivity contribution in [1.82, 2.24) is 14.7 Å². The fourth-order valence-corrected chi connectivity index (χ4v) is 3.07. The van der Waals surface area contributed by atoms with Crippen molar-refractivity contribution in [2.75, 3.05) is 0 Å². The van der Waals surface area contributed by atoms with Gasteiger partial charge in [0.25, 0.3) is 5.91 Å². The minimum atomic E-state index is -0.996. The highest BCUT2D eigenvalue weighted by molar-refractivity contribution is 5.91. The van der Waals surface area contributed by atoms with Gasteiger partial charge in [0.2, 0.25) is 0 Å². The molecule has 1 aliphatic rings. The van der Waals surface area contributed by atoms with E-state index in [1.165, 1.54) is 6.92 Å². The van der Waals surface area contributed by atoms with E-state index in [1.54, 1.807) is 22.9 Å². The molecule has 0 saturated heterocycles. The van der Waals surface area contributed by atoms with E-state index >= 15 is 0 Å². The zero-order chi connectivity index (χ0) is 17.9. The number of hydrogen-bond acceptors (Lipinski definition) is 5. The molecule has 2 aromatic rings. The largest absolute Gasteiger partial charge is 0.448 e. The van der Waals surface area contributed by atoms with Gasteiger partial charge in [-0.2, -0.15) is 5.26 Å². The van der Waals surface area contributed by atoms with E-state index in [4.69, 9.17) is 4.74 Å². The summed E-state index contributed by atoms with van der Waals surface area (Å²) in [6.45, 7) is 1.50. The summed E-state index contributed by atoms with van der Waals surface area (Å²) in [5, 5.41) is 12.2. The predicted octanol–water partition coefficient (Wildman–Crippen LogP) is 2.22. The summed E-state index contributed by atoms with van der Waals surface area (Å²) < 4.78 is 6.92. The van der Waals surface area contributed by atoms with Crippen molar-refractivity contribution in [1.29, 1.82) is 5.26 Å². The molecule has 2 aromatic heterocycles. The lowest BCUT2D eigenvalue weighted by molar-refractivity contribution is -0.130. The number of nitrogens with one attached hydrogen (secondary N) is 1. The number of nitrogens with zero attached hydrogens (tertiary/aromatic N) is 3. The lowest BCUT2D eigenvalue weighted by Crippen LogP contribution is -2.52. The second-order valence-electron chi connectivity index (χ2n) is 6.38. The van der Waals surface area contributed by atoms with Gasteiger partial charge in [-0.1, -0.05) is 25.3 Å². The minimum Gasteiger partial charge on any atom is -0.448 e. The third-order valence-corrected chi connectivity index (χ3v) is 4.51. The number of fused-ring (bicyclic) bond motifs is 1. The number of carbonyl (C=O) groups is 2. The molecule has 0 aromatic carbocycles. The Morgan fingerprint density at radius 2 is 2.12 bits per heavy atom. The first-order valence-electron chi connectivity index (χ1n) is 8.41. The molecule has 3 rings (SSSR count). The normalized spacial score (nSPS) is 17.4. The molecule has 0 bridgehead atoms. The minimum absolute atomic E-state index is 0.138. The first-order valence-corrected chi connectivity index (χ1v) is 8.41. The maximum absolute atomic E-state index is 12.3. The summed E-state index contributed by atoms with van der Waals surface area (Å²) in [7, 11) is 0. The summed E-state index contributed by atoms with van der Waals surface area (Å²) in [5.41, 5.74) is -0.0882. The van der Waals surface area contributed by atoms with Crippen LogP contribution in [-0.4, -0.2) is 32.9 Å². The standard InChI is InChI=1S/C18H20N4O3/c1-13(16(23)21-18(12-19)8-4-2-5-9-18)25-17(24)14-11-22-10-6-3-7-15(22)20-14/h3,6-7,10-11,13H,2,4-5,8-9H2,1H3,(H,21,23)/t13-/m0/s1. The Morgan fingerprint density at radius 1 is 1.36 bits per heavy atom. The molecular formula is C18H20N4O3. The molecule has 130 valence electrons. The van der Waals surface area contributed by atoms with Gasteiger partial charge in [-0.15, -0.1) is 0 Å². The van der Waals surface area contributed by atoms with Gasteiger partial charge in [-0.25, -0.2) is 9.78 Å². The van der Waals surface area contributed by atoms with E-state index in [1.807, 2.05) is 12.1 Å². The molecule has 1 atom stereocenters. The molecule has 0 unspecified atom stereocenters. The fraction of sp³-hybridized carbons (Fsp3) is 0.444. The number of aromatic nitrogens is 2. The van der Waals surface area contributed by atoms with Gasteiger partial charge in [0.1, 0.15) is 11.2 Å². The molecule has 25 heavy (non-hydrogen) atoms. The van der Waals surface area contributed by atoms with Crippen molar-refractivity contribution in [3.8, 4) is 6.07 Å². The molecule has 2 heterocycles. The van der Waals surface area contributed by atoms with Crippen molar-refractivity contribution < 1.29 is 14.3 Å². The van der Waals surface area contributed by atoms with E-state index < -0.39 is 23.5 Å². The van der Waals surface area contributed by atoms with E-state index in [9.17, 15) is 14.9 Å². The number of hydrogen-bond donors (Lipinski definition) is 1. The highest BCUT2D eigenvalue weighted by atomic mass is 16.5. The maximum Gasteiger partial charge on any atom is 0.359 e. The van der Waals surface area contributed by atoms with Crippen molar-refractivity contribution >= 4 is 17.5 Å². The fourth-order valence-electron chi connectivity index (χ4n) is 3.07. The Bertz CT molecular complexity index is 797. The number of ether oxygens (including phenoxy) is 1.